The van der Waals surface area contributed by atoms with Gasteiger partial charge in [0.25, 0.3) is 0 Å². The normalized spacial score (nSPS) is 12.2. The molecule has 0 bridgehead atoms. The quantitative estimate of drug-likeness (QED) is 0.907. The molecule has 1 aromatic heterocycles. The van der Waals surface area contributed by atoms with Crippen molar-refractivity contribution < 1.29 is 9.13 Å². The number of hydrogen-bond donors (Lipinski definition) is 1. The lowest BCUT2D eigenvalue weighted by Gasteiger charge is -2.16. The maximum absolute atomic E-state index is 13.4. The lowest BCUT2D eigenvalue weighted by atomic mass is 10.1. The van der Waals surface area contributed by atoms with Crippen LogP contribution in [0.25, 0.3) is 0 Å². The summed E-state index contributed by atoms with van der Waals surface area (Å²) >= 11 is 0. The number of ether oxygens (including phenoxy) is 1. The summed E-state index contributed by atoms with van der Waals surface area (Å²) < 4.78 is 19.2. The number of aryl methyl sites for hydroxylation is 1. The van der Waals surface area contributed by atoms with Crippen LogP contribution in [-0.2, 0) is 6.61 Å². The highest BCUT2D eigenvalue weighted by atomic mass is 19.1. The van der Waals surface area contributed by atoms with Crippen LogP contribution >= 0.6 is 0 Å². The Labute approximate surface area is 118 Å². The van der Waals surface area contributed by atoms with Crippen LogP contribution in [0.3, 0.4) is 0 Å². The topological polar surface area (TPSA) is 34.1 Å². The predicted molar refractivity (Wildman–Crippen MR) is 77.2 cm³/mol. The van der Waals surface area contributed by atoms with Gasteiger partial charge in [-0.1, -0.05) is 0 Å². The number of hydrogen-bond acceptors (Lipinski definition) is 3. The third-order valence-corrected chi connectivity index (χ3v) is 3.20. The van der Waals surface area contributed by atoms with E-state index in [0.29, 0.717) is 12.4 Å². The van der Waals surface area contributed by atoms with Crippen molar-refractivity contribution in [2.45, 2.75) is 26.5 Å². The Kier molecular flexibility index (Phi) is 4.69. The number of halogens is 1. The summed E-state index contributed by atoms with van der Waals surface area (Å²) in [6.07, 6.45) is 3.58. The third kappa shape index (κ3) is 3.54. The number of nitrogens with zero attached hydrogens (tertiary/aromatic N) is 1. The van der Waals surface area contributed by atoms with Crippen molar-refractivity contribution in [3.8, 4) is 5.75 Å². The first kappa shape index (κ1) is 14.5. The average Bonchev–Trinajstić information content (AvgIpc) is 2.45. The minimum Gasteiger partial charge on any atom is -0.489 e. The first-order valence-electron chi connectivity index (χ1n) is 6.60. The largest absolute Gasteiger partial charge is 0.489 e. The molecular formula is C16H19FN2O. The molecule has 1 aromatic carbocycles. The Morgan fingerprint density at radius 1 is 1.30 bits per heavy atom. The standard InChI is InChI=1S/C16H19FN2O/c1-11-6-13(9-19-8-11)10-20-16-5-4-14(17)7-15(16)12(2)18-3/h4-9,12,18H,10H2,1-3H3. The van der Waals surface area contributed by atoms with Crippen LogP contribution in [0.15, 0.2) is 36.7 Å². The van der Waals surface area contributed by atoms with Gasteiger partial charge in [0.2, 0.25) is 0 Å². The van der Waals surface area contributed by atoms with Crippen molar-refractivity contribution in [1.82, 2.24) is 10.3 Å². The van der Waals surface area contributed by atoms with Gasteiger partial charge in [0.1, 0.15) is 18.2 Å². The van der Waals surface area contributed by atoms with Gasteiger partial charge in [0, 0.05) is 29.6 Å². The maximum atomic E-state index is 13.4. The summed E-state index contributed by atoms with van der Waals surface area (Å²) in [5.74, 6) is 0.432. The monoisotopic (exact) mass is 274 g/mol. The molecule has 1 atom stereocenters. The molecule has 3 nitrogen and oxygen atoms in total. The van der Waals surface area contributed by atoms with Crippen molar-refractivity contribution >= 4 is 0 Å². The second-order valence-corrected chi connectivity index (χ2v) is 4.85. The van der Waals surface area contributed by atoms with E-state index in [0.717, 1.165) is 16.7 Å². The zero-order valence-corrected chi connectivity index (χ0v) is 12.0. The minimum absolute atomic E-state index is 0.0244. The van der Waals surface area contributed by atoms with Crippen molar-refractivity contribution in [2.24, 2.45) is 0 Å². The third-order valence-electron chi connectivity index (χ3n) is 3.20. The Morgan fingerprint density at radius 3 is 2.80 bits per heavy atom. The van der Waals surface area contributed by atoms with Gasteiger partial charge in [-0.15, -0.1) is 0 Å². The Morgan fingerprint density at radius 2 is 2.10 bits per heavy atom. The molecule has 0 aliphatic carbocycles. The fraction of sp³-hybridized carbons (Fsp3) is 0.312. The Balaban J connectivity index is 2.16. The van der Waals surface area contributed by atoms with Crippen LogP contribution in [0, 0.1) is 12.7 Å². The Bertz CT molecular complexity index is 586. The lowest BCUT2D eigenvalue weighted by molar-refractivity contribution is 0.299. The van der Waals surface area contributed by atoms with E-state index < -0.39 is 0 Å². The molecule has 20 heavy (non-hydrogen) atoms. The van der Waals surface area contributed by atoms with Gasteiger partial charge in [-0.25, -0.2) is 4.39 Å². The molecule has 0 saturated carbocycles. The molecular weight excluding hydrogens is 255 g/mol. The van der Waals surface area contributed by atoms with Gasteiger partial charge >= 0.3 is 0 Å². The number of benzene rings is 1. The van der Waals surface area contributed by atoms with Crippen LogP contribution in [0.2, 0.25) is 0 Å². The van der Waals surface area contributed by atoms with Crippen LogP contribution in [0.1, 0.15) is 29.7 Å². The molecule has 0 fully saturated rings. The molecule has 0 radical (unpaired) electrons. The minimum atomic E-state index is -0.258. The molecule has 4 heteroatoms. The summed E-state index contributed by atoms with van der Waals surface area (Å²) in [5.41, 5.74) is 2.90. The van der Waals surface area contributed by atoms with Crippen LogP contribution in [0.4, 0.5) is 4.39 Å². The molecule has 2 rings (SSSR count). The molecule has 0 amide bonds. The molecule has 0 saturated heterocycles. The van der Waals surface area contributed by atoms with E-state index in [9.17, 15) is 4.39 Å². The summed E-state index contributed by atoms with van der Waals surface area (Å²) in [6.45, 7) is 4.38. The van der Waals surface area contributed by atoms with Gasteiger partial charge in [-0.3, -0.25) is 4.98 Å². The van der Waals surface area contributed by atoms with Gasteiger partial charge in [0.15, 0.2) is 0 Å². The summed E-state index contributed by atoms with van der Waals surface area (Å²) in [4.78, 5) is 4.13. The van der Waals surface area contributed by atoms with Crippen LogP contribution in [-0.4, -0.2) is 12.0 Å². The van der Waals surface area contributed by atoms with Crippen molar-refractivity contribution in [2.75, 3.05) is 7.05 Å². The van der Waals surface area contributed by atoms with Gasteiger partial charge < -0.3 is 10.1 Å². The highest BCUT2D eigenvalue weighted by molar-refractivity contribution is 5.36. The van der Waals surface area contributed by atoms with E-state index in [2.05, 4.69) is 10.3 Å². The van der Waals surface area contributed by atoms with E-state index in [1.807, 2.05) is 27.0 Å². The molecule has 106 valence electrons. The van der Waals surface area contributed by atoms with E-state index in [1.165, 1.54) is 12.1 Å². The Hall–Kier alpha value is -1.94. The fourth-order valence-electron chi connectivity index (χ4n) is 2.00. The highest BCUT2D eigenvalue weighted by Crippen LogP contribution is 2.26. The molecule has 0 aliphatic rings. The number of aromatic nitrogens is 1. The van der Waals surface area contributed by atoms with Crippen molar-refractivity contribution in [3.63, 3.8) is 0 Å². The zero-order valence-electron chi connectivity index (χ0n) is 12.0. The zero-order chi connectivity index (χ0) is 14.5. The summed E-state index contributed by atoms with van der Waals surface area (Å²) in [5, 5.41) is 3.10. The smallest absolute Gasteiger partial charge is 0.124 e. The molecule has 1 N–H and O–H groups in total. The second kappa shape index (κ2) is 6.48. The first-order chi connectivity index (χ1) is 9.60. The number of nitrogens with one attached hydrogen (secondary N) is 1. The first-order valence-corrected chi connectivity index (χ1v) is 6.60. The highest BCUT2D eigenvalue weighted by Gasteiger charge is 2.11. The van der Waals surface area contributed by atoms with E-state index in [4.69, 9.17) is 4.74 Å². The average molecular weight is 274 g/mol. The molecule has 0 aliphatic heterocycles. The fourth-order valence-corrected chi connectivity index (χ4v) is 2.00. The van der Waals surface area contributed by atoms with Crippen LogP contribution in [0.5, 0.6) is 5.75 Å². The second-order valence-electron chi connectivity index (χ2n) is 4.85. The van der Waals surface area contributed by atoms with Crippen LogP contribution < -0.4 is 10.1 Å². The molecule has 0 spiro atoms. The lowest BCUT2D eigenvalue weighted by Crippen LogP contribution is -2.14. The van der Waals surface area contributed by atoms with Gasteiger partial charge in [-0.05, 0) is 50.7 Å². The van der Waals surface area contributed by atoms with Crippen molar-refractivity contribution in [3.05, 3.63) is 59.2 Å². The van der Waals surface area contributed by atoms with Gasteiger partial charge in [0.05, 0.1) is 0 Å². The summed E-state index contributed by atoms with van der Waals surface area (Å²) in [6, 6.07) is 6.64. The van der Waals surface area contributed by atoms with Crippen molar-refractivity contribution in [1.29, 1.82) is 0 Å². The van der Waals surface area contributed by atoms with E-state index in [-0.39, 0.29) is 11.9 Å². The molecule has 2 aromatic rings. The van der Waals surface area contributed by atoms with E-state index in [1.54, 1.807) is 18.5 Å². The predicted octanol–water partition coefficient (Wildman–Crippen LogP) is 3.39. The van der Waals surface area contributed by atoms with E-state index >= 15 is 0 Å². The summed E-state index contributed by atoms with van der Waals surface area (Å²) in [7, 11) is 1.84. The number of rotatable bonds is 5. The maximum Gasteiger partial charge on any atom is 0.124 e. The van der Waals surface area contributed by atoms with Gasteiger partial charge in [-0.2, -0.15) is 0 Å². The SMILES string of the molecule is CNC(C)c1cc(F)ccc1OCc1cncc(C)c1. The molecule has 1 heterocycles. The number of pyridine rings is 1. The molecule has 1 unspecified atom stereocenters.